The molecule has 0 bridgehead atoms. The van der Waals surface area contributed by atoms with Gasteiger partial charge in [-0.25, -0.2) is 4.39 Å². The molecular formula is C14H14FNO. The van der Waals surface area contributed by atoms with Crippen LogP contribution in [0.4, 0.5) is 4.39 Å². The second kappa shape index (κ2) is 5.06. The summed E-state index contributed by atoms with van der Waals surface area (Å²) < 4.78 is 13.0. The summed E-state index contributed by atoms with van der Waals surface area (Å²) in [6, 6.07) is 9.96. The van der Waals surface area contributed by atoms with Gasteiger partial charge in [0.1, 0.15) is 5.82 Å². The quantitative estimate of drug-likeness (QED) is 0.881. The van der Waals surface area contributed by atoms with Crippen molar-refractivity contribution in [2.75, 3.05) is 0 Å². The topological polar surface area (TPSA) is 33.1 Å². The predicted octanol–water partition coefficient (Wildman–Crippen LogP) is 2.81. The number of aromatic nitrogens is 1. The fraction of sp³-hybridized carbons (Fsp3) is 0.214. The Morgan fingerprint density at radius 2 is 2.12 bits per heavy atom. The van der Waals surface area contributed by atoms with E-state index in [1.54, 1.807) is 18.3 Å². The Balaban J connectivity index is 2.14. The molecule has 1 heterocycles. The molecule has 0 fully saturated rings. The van der Waals surface area contributed by atoms with E-state index in [0.29, 0.717) is 12.1 Å². The predicted molar refractivity (Wildman–Crippen MR) is 64.0 cm³/mol. The zero-order chi connectivity index (χ0) is 12.3. The van der Waals surface area contributed by atoms with Gasteiger partial charge in [-0.05, 0) is 42.3 Å². The Morgan fingerprint density at radius 3 is 2.82 bits per heavy atom. The molecule has 2 nitrogen and oxygen atoms in total. The van der Waals surface area contributed by atoms with Gasteiger partial charge in [-0.3, -0.25) is 4.98 Å². The third kappa shape index (κ3) is 3.11. The van der Waals surface area contributed by atoms with E-state index in [1.807, 2.05) is 19.1 Å². The highest BCUT2D eigenvalue weighted by Crippen LogP contribution is 2.17. The fourth-order valence-electron chi connectivity index (χ4n) is 1.73. The molecule has 2 aromatic rings. The monoisotopic (exact) mass is 231 g/mol. The number of halogens is 1. The number of aliphatic hydroxyl groups is 1. The first-order chi connectivity index (χ1) is 8.15. The van der Waals surface area contributed by atoms with E-state index in [0.717, 1.165) is 11.1 Å². The molecule has 0 aliphatic heterocycles. The number of hydrogen-bond donors (Lipinski definition) is 1. The third-order valence-corrected chi connectivity index (χ3v) is 2.60. The van der Waals surface area contributed by atoms with Crippen LogP contribution in [0.15, 0.2) is 42.6 Å². The molecule has 1 N–H and O–H groups in total. The maximum absolute atomic E-state index is 13.0. The minimum Gasteiger partial charge on any atom is -0.386 e. The molecule has 1 aromatic heterocycles. The lowest BCUT2D eigenvalue weighted by Gasteiger charge is -2.10. The Labute approximate surface area is 99.8 Å². The van der Waals surface area contributed by atoms with E-state index in [4.69, 9.17) is 0 Å². The van der Waals surface area contributed by atoms with Crippen molar-refractivity contribution in [2.24, 2.45) is 0 Å². The van der Waals surface area contributed by atoms with Crippen molar-refractivity contribution < 1.29 is 9.50 Å². The summed E-state index contributed by atoms with van der Waals surface area (Å²) in [4.78, 5) is 4.11. The Morgan fingerprint density at radius 1 is 1.29 bits per heavy atom. The van der Waals surface area contributed by atoms with Crippen molar-refractivity contribution in [1.82, 2.24) is 4.98 Å². The highest BCUT2D eigenvalue weighted by molar-refractivity contribution is 5.21. The zero-order valence-corrected chi connectivity index (χ0v) is 9.60. The Bertz CT molecular complexity index is 513. The van der Waals surface area contributed by atoms with Crippen LogP contribution in [0, 0.1) is 12.7 Å². The summed E-state index contributed by atoms with van der Waals surface area (Å²) >= 11 is 0. The number of nitrogens with zero attached hydrogens (tertiary/aromatic N) is 1. The van der Waals surface area contributed by atoms with Crippen molar-refractivity contribution in [1.29, 1.82) is 0 Å². The van der Waals surface area contributed by atoms with Crippen LogP contribution in [0.3, 0.4) is 0 Å². The summed E-state index contributed by atoms with van der Waals surface area (Å²) in [7, 11) is 0. The molecule has 0 amide bonds. The van der Waals surface area contributed by atoms with Gasteiger partial charge in [0, 0.05) is 12.6 Å². The lowest BCUT2D eigenvalue weighted by Crippen LogP contribution is -2.04. The van der Waals surface area contributed by atoms with Crippen molar-refractivity contribution in [3.63, 3.8) is 0 Å². The second-order valence-electron chi connectivity index (χ2n) is 4.11. The highest BCUT2D eigenvalue weighted by Gasteiger charge is 2.10. The van der Waals surface area contributed by atoms with Crippen molar-refractivity contribution in [3.8, 4) is 0 Å². The smallest absolute Gasteiger partial charge is 0.123 e. The lowest BCUT2D eigenvalue weighted by atomic mass is 10.0. The van der Waals surface area contributed by atoms with E-state index in [-0.39, 0.29) is 5.82 Å². The standard InChI is InChI=1S/C14H14FNO/c1-10-5-6-16-13(7-10)14(17)9-11-3-2-4-12(15)8-11/h2-8,14,17H,9H2,1H3. The van der Waals surface area contributed by atoms with Crippen molar-refractivity contribution in [3.05, 3.63) is 65.2 Å². The molecule has 0 aliphatic carbocycles. The van der Waals surface area contributed by atoms with Gasteiger partial charge >= 0.3 is 0 Å². The van der Waals surface area contributed by atoms with Crippen LogP contribution >= 0.6 is 0 Å². The third-order valence-electron chi connectivity index (χ3n) is 2.60. The number of pyridine rings is 1. The Kier molecular flexibility index (Phi) is 3.49. The minimum atomic E-state index is -0.698. The van der Waals surface area contributed by atoms with Crippen LogP contribution in [0.5, 0.6) is 0 Å². The normalized spacial score (nSPS) is 12.4. The minimum absolute atomic E-state index is 0.285. The molecule has 88 valence electrons. The van der Waals surface area contributed by atoms with E-state index >= 15 is 0 Å². The van der Waals surface area contributed by atoms with E-state index < -0.39 is 6.10 Å². The van der Waals surface area contributed by atoms with E-state index in [2.05, 4.69) is 4.98 Å². The summed E-state index contributed by atoms with van der Waals surface area (Å²) in [5.41, 5.74) is 2.43. The highest BCUT2D eigenvalue weighted by atomic mass is 19.1. The van der Waals surface area contributed by atoms with Gasteiger partial charge < -0.3 is 5.11 Å². The van der Waals surface area contributed by atoms with Gasteiger partial charge in [-0.15, -0.1) is 0 Å². The van der Waals surface area contributed by atoms with Gasteiger partial charge in [-0.2, -0.15) is 0 Å². The average Bonchev–Trinajstić information content (AvgIpc) is 2.29. The maximum Gasteiger partial charge on any atom is 0.123 e. The Hall–Kier alpha value is -1.74. The van der Waals surface area contributed by atoms with E-state index in [9.17, 15) is 9.50 Å². The molecule has 0 spiro atoms. The van der Waals surface area contributed by atoms with Gasteiger partial charge in [0.05, 0.1) is 11.8 Å². The summed E-state index contributed by atoms with van der Waals surface area (Å²) in [5, 5.41) is 10.0. The SMILES string of the molecule is Cc1ccnc(C(O)Cc2cccc(F)c2)c1. The van der Waals surface area contributed by atoms with Crippen LogP contribution in [0.2, 0.25) is 0 Å². The zero-order valence-electron chi connectivity index (χ0n) is 9.60. The molecule has 0 saturated heterocycles. The number of hydrogen-bond acceptors (Lipinski definition) is 2. The van der Waals surface area contributed by atoms with Gasteiger partial charge in [-0.1, -0.05) is 12.1 Å². The number of benzene rings is 1. The molecule has 3 heteroatoms. The molecule has 1 unspecified atom stereocenters. The van der Waals surface area contributed by atoms with Gasteiger partial charge in [0.15, 0.2) is 0 Å². The summed E-state index contributed by atoms with van der Waals surface area (Å²) in [5.74, 6) is -0.285. The molecular weight excluding hydrogens is 217 g/mol. The van der Waals surface area contributed by atoms with Crippen molar-refractivity contribution >= 4 is 0 Å². The first kappa shape index (κ1) is 11.7. The average molecular weight is 231 g/mol. The molecule has 1 atom stereocenters. The lowest BCUT2D eigenvalue weighted by molar-refractivity contribution is 0.173. The van der Waals surface area contributed by atoms with E-state index in [1.165, 1.54) is 12.1 Å². The number of aryl methyl sites for hydroxylation is 1. The molecule has 0 saturated carbocycles. The molecule has 0 radical (unpaired) electrons. The largest absolute Gasteiger partial charge is 0.386 e. The number of rotatable bonds is 3. The van der Waals surface area contributed by atoms with Crippen LogP contribution in [-0.4, -0.2) is 10.1 Å². The van der Waals surface area contributed by atoms with Crippen molar-refractivity contribution in [2.45, 2.75) is 19.4 Å². The summed E-state index contributed by atoms with van der Waals surface area (Å²) in [6.45, 7) is 1.94. The van der Waals surface area contributed by atoms with Crippen LogP contribution in [0.25, 0.3) is 0 Å². The van der Waals surface area contributed by atoms with Crippen LogP contribution in [0.1, 0.15) is 22.9 Å². The second-order valence-corrected chi connectivity index (χ2v) is 4.11. The first-order valence-electron chi connectivity index (χ1n) is 5.50. The molecule has 1 aromatic carbocycles. The maximum atomic E-state index is 13.0. The molecule has 0 aliphatic rings. The fourth-order valence-corrected chi connectivity index (χ4v) is 1.73. The number of aliphatic hydroxyl groups excluding tert-OH is 1. The first-order valence-corrected chi connectivity index (χ1v) is 5.50. The molecule has 2 rings (SSSR count). The molecule has 17 heavy (non-hydrogen) atoms. The van der Waals surface area contributed by atoms with Crippen LogP contribution < -0.4 is 0 Å². The van der Waals surface area contributed by atoms with Gasteiger partial charge in [0.2, 0.25) is 0 Å². The van der Waals surface area contributed by atoms with Crippen LogP contribution in [-0.2, 0) is 6.42 Å². The van der Waals surface area contributed by atoms with Gasteiger partial charge in [0.25, 0.3) is 0 Å². The summed E-state index contributed by atoms with van der Waals surface area (Å²) in [6.07, 6.45) is 1.34.